The Hall–Kier alpha value is -4.14. The van der Waals surface area contributed by atoms with E-state index in [4.69, 9.17) is 14.7 Å². The lowest BCUT2D eigenvalue weighted by Crippen LogP contribution is -2.40. The Morgan fingerprint density at radius 3 is 2.41 bits per heavy atom. The van der Waals surface area contributed by atoms with Crippen LogP contribution in [0.3, 0.4) is 0 Å². The molecular weight excluding hydrogens is 466 g/mol. The summed E-state index contributed by atoms with van der Waals surface area (Å²) in [6.07, 6.45) is 2.02. The summed E-state index contributed by atoms with van der Waals surface area (Å²) in [6, 6.07) is 20.9. The van der Waals surface area contributed by atoms with Gasteiger partial charge in [0.15, 0.2) is 11.5 Å². The van der Waals surface area contributed by atoms with Gasteiger partial charge in [0.05, 0.1) is 12.4 Å². The zero-order valence-corrected chi connectivity index (χ0v) is 21.4. The van der Waals surface area contributed by atoms with Crippen molar-refractivity contribution >= 4 is 29.0 Å². The summed E-state index contributed by atoms with van der Waals surface area (Å²) in [7, 11) is 0. The predicted octanol–water partition coefficient (Wildman–Crippen LogP) is 4.70. The molecule has 1 unspecified atom stereocenters. The number of anilines is 2. The van der Waals surface area contributed by atoms with Crippen LogP contribution in [0.4, 0.5) is 16.6 Å². The molecule has 3 N–H and O–H groups in total. The van der Waals surface area contributed by atoms with Crippen LogP contribution in [-0.4, -0.2) is 57.3 Å². The number of nitrogens with one attached hydrogen (secondary N) is 3. The van der Waals surface area contributed by atoms with Gasteiger partial charge in [-0.3, -0.25) is 0 Å². The van der Waals surface area contributed by atoms with Gasteiger partial charge >= 0.3 is 6.09 Å². The van der Waals surface area contributed by atoms with Crippen molar-refractivity contribution in [2.45, 2.75) is 44.8 Å². The van der Waals surface area contributed by atoms with Gasteiger partial charge in [-0.05, 0) is 38.3 Å². The Balaban J connectivity index is 1.34. The number of rotatable bonds is 7. The molecule has 2 aromatic heterocycles. The molecule has 1 saturated heterocycles. The molecule has 1 atom stereocenters. The van der Waals surface area contributed by atoms with Crippen LogP contribution in [-0.2, 0) is 4.74 Å². The van der Waals surface area contributed by atoms with E-state index in [1.54, 1.807) is 6.33 Å². The maximum atomic E-state index is 12.2. The zero-order chi connectivity index (χ0) is 25.8. The van der Waals surface area contributed by atoms with Crippen LogP contribution >= 0.6 is 0 Å². The molecule has 4 aromatic rings. The van der Waals surface area contributed by atoms with Crippen molar-refractivity contribution in [2.24, 2.45) is 0 Å². The van der Waals surface area contributed by atoms with Gasteiger partial charge in [-0.25, -0.2) is 9.78 Å². The zero-order valence-electron chi connectivity index (χ0n) is 21.4. The number of nitrogens with zero attached hydrogens (tertiary/aromatic N) is 4. The van der Waals surface area contributed by atoms with Crippen molar-refractivity contribution in [3.8, 4) is 0 Å². The first-order valence-electron chi connectivity index (χ1n) is 12.6. The summed E-state index contributed by atoms with van der Waals surface area (Å²) >= 11 is 0. The Morgan fingerprint density at radius 1 is 1.08 bits per heavy atom. The Labute approximate surface area is 216 Å². The quantitative estimate of drug-likeness (QED) is 0.338. The summed E-state index contributed by atoms with van der Waals surface area (Å²) in [4.78, 5) is 31.5. The van der Waals surface area contributed by atoms with Gasteiger partial charge in [0, 0.05) is 25.6 Å². The van der Waals surface area contributed by atoms with Crippen LogP contribution in [0.1, 0.15) is 44.2 Å². The van der Waals surface area contributed by atoms with Crippen molar-refractivity contribution < 1.29 is 9.53 Å². The molecule has 2 aromatic carbocycles. The van der Waals surface area contributed by atoms with Gasteiger partial charge in [0.25, 0.3) is 0 Å². The van der Waals surface area contributed by atoms with E-state index in [2.05, 4.69) is 74.0 Å². The molecule has 1 fully saturated rings. The van der Waals surface area contributed by atoms with Gasteiger partial charge in [-0.1, -0.05) is 60.7 Å². The number of hydrogen-bond acceptors (Lipinski definition) is 7. The first-order chi connectivity index (χ1) is 17.9. The number of H-pyrrole nitrogens is 1. The third-order valence-corrected chi connectivity index (χ3v) is 6.34. The van der Waals surface area contributed by atoms with E-state index in [9.17, 15) is 4.79 Å². The lowest BCUT2D eigenvalue weighted by molar-refractivity contribution is 0.0509. The summed E-state index contributed by atoms with van der Waals surface area (Å²) in [6.45, 7) is 7.56. The molecule has 1 aliphatic rings. The number of alkyl carbamates (subject to hydrolysis) is 1. The van der Waals surface area contributed by atoms with Gasteiger partial charge in [0.2, 0.25) is 5.95 Å². The average Bonchev–Trinajstić information content (AvgIpc) is 3.54. The molecular formula is C28H33N7O2. The number of carbonyl (C=O) groups excluding carboxylic acids is 1. The average molecular weight is 500 g/mol. The van der Waals surface area contributed by atoms with E-state index < -0.39 is 11.7 Å². The van der Waals surface area contributed by atoms with Crippen LogP contribution in [0.15, 0.2) is 67.0 Å². The minimum atomic E-state index is -0.533. The van der Waals surface area contributed by atoms with E-state index in [0.717, 1.165) is 13.0 Å². The summed E-state index contributed by atoms with van der Waals surface area (Å²) in [5.74, 6) is 1.43. The lowest BCUT2D eigenvalue weighted by atomic mass is 9.91. The number of fused-ring (bicyclic) bond motifs is 1. The Morgan fingerprint density at radius 2 is 1.76 bits per heavy atom. The molecule has 0 aliphatic carbocycles. The second kappa shape index (κ2) is 10.5. The van der Waals surface area contributed by atoms with Gasteiger partial charge in [-0.2, -0.15) is 9.97 Å². The van der Waals surface area contributed by atoms with Crippen molar-refractivity contribution in [1.29, 1.82) is 0 Å². The highest BCUT2D eigenvalue weighted by Crippen LogP contribution is 2.28. The van der Waals surface area contributed by atoms with Crippen molar-refractivity contribution in [3.63, 3.8) is 0 Å². The van der Waals surface area contributed by atoms with E-state index >= 15 is 0 Å². The minimum Gasteiger partial charge on any atom is -0.444 e. The van der Waals surface area contributed by atoms with Crippen LogP contribution in [0.5, 0.6) is 0 Å². The fourth-order valence-electron chi connectivity index (χ4n) is 4.62. The minimum absolute atomic E-state index is 0.0344. The third kappa shape index (κ3) is 5.99. The SMILES string of the molecule is CC(C)(C)OC(=O)NC1CCN(c2nc(NCC(c3ccccc3)c3ccccc3)c3nc[nH]c3n2)C1. The maximum Gasteiger partial charge on any atom is 0.407 e. The van der Waals surface area contributed by atoms with Crippen molar-refractivity contribution in [2.75, 3.05) is 29.9 Å². The smallest absolute Gasteiger partial charge is 0.407 e. The number of aromatic amines is 1. The first kappa shape index (κ1) is 24.5. The van der Waals surface area contributed by atoms with E-state index in [1.807, 2.05) is 32.9 Å². The van der Waals surface area contributed by atoms with Crippen LogP contribution in [0, 0.1) is 0 Å². The largest absolute Gasteiger partial charge is 0.444 e. The summed E-state index contributed by atoms with van der Waals surface area (Å²) in [5, 5.41) is 6.52. The monoisotopic (exact) mass is 499 g/mol. The molecule has 3 heterocycles. The molecule has 0 saturated carbocycles. The Bertz CT molecular complexity index is 1300. The summed E-state index contributed by atoms with van der Waals surface area (Å²) in [5.41, 5.74) is 3.29. The second-order valence-electron chi connectivity index (χ2n) is 10.3. The first-order valence-corrected chi connectivity index (χ1v) is 12.6. The lowest BCUT2D eigenvalue weighted by Gasteiger charge is -2.22. The third-order valence-electron chi connectivity index (χ3n) is 6.34. The van der Waals surface area contributed by atoms with Gasteiger partial charge < -0.3 is 25.3 Å². The number of amides is 1. The van der Waals surface area contributed by atoms with E-state index in [0.29, 0.717) is 36.0 Å². The topological polar surface area (TPSA) is 108 Å². The van der Waals surface area contributed by atoms with Crippen LogP contribution in [0.2, 0.25) is 0 Å². The fourth-order valence-corrected chi connectivity index (χ4v) is 4.62. The molecule has 192 valence electrons. The highest BCUT2D eigenvalue weighted by atomic mass is 16.6. The number of aromatic nitrogens is 4. The standard InChI is InChI=1S/C28H33N7O2/c1-28(2,3)37-27(36)32-21-14-15-35(17-21)26-33-24(23-25(34-26)31-18-30-23)29-16-22(19-10-6-4-7-11-19)20-12-8-5-9-13-20/h4-13,18,21-22H,14-17H2,1-3H3,(H,32,36)(H2,29,30,31,33,34). The van der Waals surface area contributed by atoms with Crippen LogP contribution in [0.25, 0.3) is 11.2 Å². The number of hydrogen-bond donors (Lipinski definition) is 3. The van der Waals surface area contributed by atoms with E-state index in [1.165, 1.54) is 11.1 Å². The fraction of sp³-hybridized carbons (Fsp3) is 0.357. The molecule has 0 radical (unpaired) electrons. The second-order valence-corrected chi connectivity index (χ2v) is 10.3. The molecule has 9 heteroatoms. The van der Waals surface area contributed by atoms with Crippen LogP contribution < -0.4 is 15.5 Å². The maximum absolute atomic E-state index is 12.2. The summed E-state index contributed by atoms with van der Waals surface area (Å²) < 4.78 is 5.41. The highest BCUT2D eigenvalue weighted by molar-refractivity contribution is 5.84. The highest BCUT2D eigenvalue weighted by Gasteiger charge is 2.28. The van der Waals surface area contributed by atoms with Crippen molar-refractivity contribution in [1.82, 2.24) is 25.3 Å². The number of carbonyl (C=O) groups is 1. The molecule has 0 bridgehead atoms. The number of imidazole rings is 1. The van der Waals surface area contributed by atoms with Gasteiger partial charge in [-0.15, -0.1) is 0 Å². The number of benzene rings is 2. The van der Waals surface area contributed by atoms with E-state index in [-0.39, 0.29) is 12.0 Å². The molecule has 0 spiro atoms. The Kier molecular flexibility index (Phi) is 6.94. The molecule has 1 aliphatic heterocycles. The molecule has 1 amide bonds. The number of ether oxygens (including phenoxy) is 1. The van der Waals surface area contributed by atoms with Crippen molar-refractivity contribution in [3.05, 3.63) is 78.1 Å². The molecule has 9 nitrogen and oxygen atoms in total. The van der Waals surface area contributed by atoms with Gasteiger partial charge in [0.1, 0.15) is 11.1 Å². The molecule has 5 rings (SSSR count). The predicted molar refractivity (Wildman–Crippen MR) is 145 cm³/mol. The molecule has 37 heavy (non-hydrogen) atoms. The normalized spacial score (nSPS) is 15.8.